The first-order chi connectivity index (χ1) is 5.29. The molecule has 1 aliphatic rings. The summed E-state index contributed by atoms with van der Waals surface area (Å²) in [7, 11) is 1.70. The number of methoxy groups -OCH3 is 1. The minimum atomic E-state index is -0.135. The van der Waals surface area contributed by atoms with Crippen molar-refractivity contribution in [1.29, 1.82) is 5.26 Å². The van der Waals surface area contributed by atoms with Gasteiger partial charge in [-0.2, -0.15) is 5.26 Å². The predicted molar refractivity (Wildman–Crippen MR) is 43.0 cm³/mol. The summed E-state index contributed by atoms with van der Waals surface area (Å²) >= 11 is 0. The zero-order valence-corrected chi connectivity index (χ0v) is 7.26. The lowest BCUT2D eigenvalue weighted by molar-refractivity contribution is -0.0258. The van der Waals surface area contributed by atoms with Crippen molar-refractivity contribution in [1.82, 2.24) is 0 Å². The smallest absolute Gasteiger partial charge is 0.0834 e. The third-order valence-corrected chi connectivity index (χ3v) is 2.74. The second-order valence-corrected chi connectivity index (χ2v) is 3.25. The van der Waals surface area contributed by atoms with Gasteiger partial charge in [-0.15, -0.1) is 0 Å². The minimum Gasteiger partial charge on any atom is -0.380 e. The number of hydrogen-bond acceptors (Lipinski definition) is 2. The van der Waals surface area contributed by atoms with Crippen LogP contribution in [0.25, 0.3) is 0 Å². The molecule has 0 saturated heterocycles. The molecule has 2 heteroatoms. The molecule has 0 amide bonds. The molecular weight excluding hydrogens is 138 g/mol. The normalized spacial score (nSPS) is 23.4. The van der Waals surface area contributed by atoms with E-state index in [4.69, 9.17) is 10.00 Å². The third-order valence-electron chi connectivity index (χ3n) is 2.74. The first-order valence-corrected chi connectivity index (χ1v) is 4.23. The summed E-state index contributed by atoms with van der Waals surface area (Å²) in [5.41, 5.74) is -0.135. The van der Waals surface area contributed by atoms with Gasteiger partial charge in [0.15, 0.2) is 0 Å². The fourth-order valence-electron chi connectivity index (χ4n) is 1.85. The Morgan fingerprint density at radius 3 is 2.36 bits per heavy atom. The van der Waals surface area contributed by atoms with Crippen molar-refractivity contribution in [2.45, 2.75) is 38.7 Å². The van der Waals surface area contributed by atoms with Crippen molar-refractivity contribution in [3.05, 3.63) is 0 Å². The Labute approximate surface area is 68.2 Å². The van der Waals surface area contributed by atoms with E-state index in [0.717, 1.165) is 19.3 Å². The zero-order chi connectivity index (χ0) is 8.32. The van der Waals surface area contributed by atoms with Gasteiger partial charge in [0.2, 0.25) is 0 Å². The van der Waals surface area contributed by atoms with Gasteiger partial charge < -0.3 is 4.74 Å². The fourth-order valence-corrected chi connectivity index (χ4v) is 1.85. The SMILES string of the molecule is CCC(OC)C1(C#N)CCC1. The summed E-state index contributed by atoms with van der Waals surface area (Å²) in [6.07, 6.45) is 4.34. The van der Waals surface area contributed by atoms with Gasteiger partial charge in [-0.05, 0) is 19.3 Å². The lowest BCUT2D eigenvalue weighted by atomic mass is 9.65. The van der Waals surface area contributed by atoms with Crippen LogP contribution < -0.4 is 0 Å². The number of nitrogens with zero attached hydrogens (tertiary/aromatic N) is 1. The van der Waals surface area contributed by atoms with E-state index in [1.807, 2.05) is 0 Å². The maximum Gasteiger partial charge on any atom is 0.0834 e. The van der Waals surface area contributed by atoms with Crippen molar-refractivity contribution in [2.75, 3.05) is 7.11 Å². The number of rotatable bonds is 3. The van der Waals surface area contributed by atoms with Crippen molar-refractivity contribution < 1.29 is 4.74 Å². The molecule has 0 aliphatic heterocycles. The topological polar surface area (TPSA) is 33.0 Å². The van der Waals surface area contributed by atoms with Gasteiger partial charge in [0, 0.05) is 7.11 Å². The van der Waals surface area contributed by atoms with E-state index < -0.39 is 0 Å². The monoisotopic (exact) mass is 153 g/mol. The highest BCUT2D eigenvalue weighted by Crippen LogP contribution is 2.45. The first kappa shape index (κ1) is 8.55. The van der Waals surface area contributed by atoms with Crippen LogP contribution in [0.2, 0.25) is 0 Å². The van der Waals surface area contributed by atoms with Crippen LogP contribution in [0, 0.1) is 16.7 Å². The average Bonchev–Trinajstić information content (AvgIpc) is 1.96. The summed E-state index contributed by atoms with van der Waals surface area (Å²) in [6.45, 7) is 2.07. The van der Waals surface area contributed by atoms with Crippen LogP contribution in [0.4, 0.5) is 0 Å². The molecule has 1 saturated carbocycles. The first-order valence-electron chi connectivity index (χ1n) is 4.23. The van der Waals surface area contributed by atoms with E-state index >= 15 is 0 Å². The van der Waals surface area contributed by atoms with E-state index in [2.05, 4.69) is 13.0 Å². The Hall–Kier alpha value is -0.550. The molecule has 0 radical (unpaired) electrons. The third kappa shape index (κ3) is 1.25. The Bertz CT molecular complexity index is 163. The second kappa shape index (κ2) is 3.23. The maximum atomic E-state index is 8.94. The molecule has 1 atom stereocenters. The fraction of sp³-hybridized carbons (Fsp3) is 0.889. The Balaban J connectivity index is 2.61. The molecule has 1 fully saturated rings. The number of hydrogen-bond donors (Lipinski definition) is 0. The van der Waals surface area contributed by atoms with Crippen molar-refractivity contribution >= 4 is 0 Å². The molecule has 0 N–H and O–H groups in total. The van der Waals surface area contributed by atoms with Crippen LogP contribution in [0.5, 0.6) is 0 Å². The summed E-state index contributed by atoms with van der Waals surface area (Å²) in [6, 6.07) is 2.39. The molecule has 0 bridgehead atoms. The molecule has 1 unspecified atom stereocenters. The van der Waals surface area contributed by atoms with Gasteiger partial charge in [0.25, 0.3) is 0 Å². The van der Waals surface area contributed by atoms with Crippen LogP contribution in [-0.2, 0) is 4.74 Å². The molecule has 0 heterocycles. The molecule has 0 spiro atoms. The van der Waals surface area contributed by atoms with E-state index in [1.165, 1.54) is 6.42 Å². The molecule has 2 nitrogen and oxygen atoms in total. The molecule has 0 aromatic carbocycles. The Kier molecular flexibility index (Phi) is 2.51. The average molecular weight is 153 g/mol. The molecule has 1 aliphatic carbocycles. The van der Waals surface area contributed by atoms with E-state index in [-0.39, 0.29) is 11.5 Å². The zero-order valence-electron chi connectivity index (χ0n) is 7.26. The Morgan fingerprint density at radius 2 is 2.27 bits per heavy atom. The van der Waals surface area contributed by atoms with Gasteiger partial charge in [0.1, 0.15) is 0 Å². The molecule has 1 rings (SSSR count). The Morgan fingerprint density at radius 1 is 1.64 bits per heavy atom. The summed E-state index contributed by atoms with van der Waals surface area (Å²) < 4.78 is 5.28. The van der Waals surface area contributed by atoms with E-state index in [9.17, 15) is 0 Å². The standard InChI is InChI=1S/C9H15NO/c1-3-8(11-2)9(7-10)5-4-6-9/h8H,3-6H2,1-2H3. The van der Waals surface area contributed by atoms with Crippen molar-refractivity contribution in [2.24, 2.45) is 5.41 Å². The molecular formula is C9H15NO. The minimum absolute atomic E-state index is 0.135. The quantitative estimate of drug-likeness (QED) is 0.622. The maximum absolute atomic E-state index is 8.94. The lowest BCUT2D eigenvalue weighted by Crippen LogP contribution is -2.40. The number of nitriles is 1. The predicted octanol–water partition coefficient (Wildman–Crippen LogP) is 2.11. The van der Waals surface area contributed by atoms with Crippen LogP contribution in [0.3, 0.4) is 0 Å². The van der Waals surface area contributed by atoms with Gasteiger partial charge >= 0.3 is 0 Å². The van der Waals surface area contributed by atoms with Gasteiger partial charge in [-0.25, -0.2) is 0 Å². The van der Waals surface area contributed by atoms with Crippen molar-refractivity contribution in [3.63, 3.8) is 0 Å². The van der Waals surface area contributed by atoms with E-state index in [1.54, 1.807) is 7.11 Å². The molecule has 11 heavy (non-hydrogen) atoms. The van der Waals surface area contributed by atoms with Crippen LogP contribution in [0.1, 0.15) is 32.6 Å². The number of ether oxygens (including phenoxy) is 1. The highest BCUT2D eigenvalue weighted by molar-refractivity contribution is 5.08. The van der Waals surface area contributed by atoms with Crippen LogP contribution in [-0.4, -0.2) is 13.2 Å². The van der Waals surface area contributed by atoms with Crippen LogP contribution in [0.15, 0.2) is 0 Å². The second-order valence-electron chi connectivity index (χ2n) is 3.25. The summed E-state index contributed by atoms with van der Waals surface area (Å²) in [5, 5.41) is 8.94. The molecule has 62 valence electrons. The lowest BCUT2D eigenvalue weighted by Gasteiger charge is -2.40. The molecule has 0 aromatic rings. The van der Waals surface area contributed by atoms with Gasteiger partial charge in [-0.3, -0.25) is 0 Å². The summed E-state index contributed by atoms with van der Waals surface area (Å²) in [4.78, 5) is 0. The van der Waals surface area contributed by atoms with Gasteiger partial charge in [0.05, 0.1) is 17.6 Å². The molecule has 0 aromatic heterocycles. The van der Waals surface area contributed by atoms with Crippen molar-refractivity contribution in [3.8, 4) is 6.07 Å². The summed E-state index contributed by atoms with van der Waals surface area (Å²) in [5.74, 6) is 0. The highest BCUT2D eigenvalue weighted by atomic mass is 16.5. The highest BCUT2D eigenvalue weighted by Gasteiger charge is 2.43. The van der Waals surface area contributed by atoms with E-state index in [0.29, 0.717) is 0 Å². The van der Waals surface area contributed by atoms with Crippen LogP contribution >= 0.6 is 0 Å². The largest absolute Gasteiger partial charge is 0.380 e. The van der Waals surface area contributed by atoms with Gasteiger partial charge in [-0.1, -0.05) is 13.3 Å².